The molecule has 2 aromatic rings. The number of aromatic nitrogens is 2. The van der Waals surface area contributed by atoms with E-state index in [1.54, 1.807) is 24.4 Å². The molecule has 1 N–H and O–H groups in total. The molecule has 0 saturated heterocycles. The second-order valence-electron chi connectivity index (χ2n) is 4.29. The monoisotopic (exact) mass is 232 g/mol. The van der Waals surface area contributed by atoms with Crippen LogP contribution in [0, 0.1) is 5.82 Å². The van der Waals surface area contributed by atoms with Gasteiger partial charge in [-0.3, -0.25) is 0 Å². The smallest absolute Gasteiger partial charge is 0.138 e. The van der Waals surface area contributed by atoms with Crippen molar-refractivity contribution in [2.24, 2.45) is 0 Å². The van der Waals surface area contributed by atoms with Gasteiger partial charge in [-0.25, -0.2) is 9.37 Å². The molecule has 17 heavy (non-hydrogen) atoms. The third-order valence-electron chi connectivity index (χ3n) is 3.19. The highest BCUT2D eigenvalue weighted by atomic mass is 19.1. The van der Waals surface area contributed by atoms with Crippen molar-refractivity contribution < 1.29 is 9.50 Å². The largest absolute Gasteiger partial charge is 0.385 e. The van der Waals surface area contributed by atoms with E-state index in [1.807, 2.05) is 4.57 Å². The maximum absolute atomic E-state index is 13.7. The summed E-state index contributed by atoms with van der Waals surface area (Å²) < 4.78 is 15.6. The number of benzene rings is 1. The van der Waals surface area contributed by atoms with Crippen LogP contribution in [0.1, 0.15) is 24.8 Å². The van der Waals surface area contributed by atoms with Crippen LogP contribution in [0.3, 0.4) is 0 Å². The Hall–Kier alpha value is -1.68. The van der Waals surface area contributed by atoms with Gasteiger partial charge in [-0.15, -0.1) is 0 Å². The Balaban J connectivity index is 2.14. The summed E-state index contributed by atoms with van der Waals surface area (Å²) in [4.78, 5) is 4.20. The van der Waals surface area contributed by atoms with Gasteiger partial charge in [0, 0.05) is 12.1 Å². The number of halogens is 1. The van der Waals surface area contributed by atoms with Gasteiger partial charge < -0.3 is 9.67 Å². The van der Waals surface area contributed by atoms with Crippen LogP contribution in [0.5, 0.6) is 0 Å². The van der Waals surface area contributed by atoms with E-state index in [2.05, 4.69) is 4.98 Å². The van der Waals surface area contributed by atoms with Crippen LogP contribution in [-0.2, 0) is 6.54 Å². The maximum atomic E-state index is 13.7. The summed E-state index contributed by atoms with van der Waals surface area (Å²) in [7, 11) is 0. The summed E-state index contributed by atoms with van der Waals surface area (Å²) in [5.74, 6) is 0.393. The van der Waals surface area contributed by atoms with E-state index in [1.165, 1.54) is 6.07 Å². The molecule has 1 aliphatic rings. The van der Waals surface area contributed by atoms with Gasteiger partial charge in [0.15, 0.2) is 0 Å². The van der Waals surface area contributed by atoms with Crippen LogP contribution in [0.15, 0.2) is 30.5 Å². The molecule has 3 nitrogen and oxygen atoms in total. The topological polar surface area (TPSA) is 38.0 Å². The molecular formula is C13H13FN2O. The summed E-state index contributed by atoms with van der Waals surface area (Å²) >= 11 is 0. The first kappa shape index (κ1) is 10.5. The van der Waals surface area contributed by atoms with Gasteiger partial charge in [-0.2, -0.15) is 0 Å². The van der Waals surface area contributed by atoms with Gasteiger partial charge >= 0.3 is 0 Å². The number of rotatable bonds is 1. The molecule has 3 rings (SSSR count). The molecule has 0 radical (unpaired) electrons. The average molecular weight is 232 g/mol. The Bertz CT molecular complexity index is 550. The summed E-state index contributed by atoms with van der Waals surface area (Å²) in [6.07, 6.45) is 2.74. The molecule has 0 aliphatic carbocycles. The van der Waals surface area contributed by atoms with E-state index >= 15 is 0 Å². The van der Waals surface area contributed by atoms with E-state index in [0.29, 0.717) is 11.4 Å². The number of aliphatic hydroxyl groups is 1. The summed E-state index contributed by atoms with van der Waals surface area (Å²) in [5.41, 5.74) is 1.29. The van der Waals surface area contributed by atoms with Crippen LogP contribution in [0.4, 0.5) is 4.39 Å². The van der Waals surface area contributed by atoms with Crippen molar-refractivity contribution in [3.8, 4) is 11.3 Å². The van der Waals surface area contributed by atoms with Gasteiger partial charge in [0.1, 0.15) is 17.7 Å². The first-order valence-electron chi connectivity index (χ1n) is 5.76. The summed E-state index contributed by atoms with van der Waals surface area (Å²) in [6.45, 7) is 0.788. The van der Waals surface area contributed by atoms with Crippen molar-refractivity contribution >= 4 is 0 Å². The minimum absolute atomic E-state index is 0.254. The third kappa shape index (κ3) is 1.65. The molecule has 1 aliphatic heterocycles. The summed E-state index contributed by atoms with van der Waals surface area (Å²) in [6, 6.07) is 6.65. The lowest BCUT2D eigenvalue weighted by Gasteiger charge is -2.21. The highest BCUT2D eigenvalue weighted by Gasteiger charge is 2.23. The number of nitrogens with zero attached hydrogens (tertiary/aromatic N) is 2. The lowest BCUT2D eigenvalue weighted by Crippen LogP contribution is -2.16. The van der Waals surface area contributed by atoms with E-state index < -0.39 is 6.10 Å². The predicted molar refractivity (Wildman–Crippen MR) is 61.8 cm³/mol. The molecule has 1 atom stereocenters. The van der Waals surface area contributed by atoms with E-state index in [9.17, 15) is 9.50 Å². The molecule has 4 heteroatoms. The fourth-order valence-electron chi connectivity index (χ4n) is 2.35. The van der Waals surface area contributed by atoms with Gasteiger partial charge in [-0.1, -0.05) is 12.1 Å². The Morgan fingerprint density at radius 2 is 2.18 bits per heavy atom. The highest BCUT2D eigenvalue weighted by molar-refractivity contribution is 5.60. The molecular weight excluding hydrogens is 219 g/mol. The Kier molecular flexibility index (Phi) is 2.44. The van der Waals surface area contributed by atoms with E-state index in [0.717, 1.165) is 25.1 Å². The van der Waals surface area contributed by atoms with Gasteiger partial charge in [0.2, 0.25) is 0 Å². The minimum atomic E-state index is -0.524. The van der Waals surface area contributed by atoms with Crippen molar-refractivity contribution in [1.29, 1.82) is 0 Å². The van der Waals surface area contributed by atoms with Crippen LogP contribution in [0.25, 0.3) is 11.3 Å². The number of imidazole rings is 1. The molecule has 0 spiro atoms. The number of aliphatic hydroxyl groups excluding tert-OH is 1. The minimum Gasteiger partial charge on any atom is -0.385 e. The highest BCUT2D eigenvalue weighted by Crippen LogP contribution is 2.30. The first-order chi connectivity index (χ1) is 8.27. The van der Waals surface area contributed by atoms with Gasteiger partial charge in [-0.05, 0) is 25.0 Å². The number of hydrogen-bond acceptors (Lipinski definition) is 2. The van der Waals surface area contributed by atoms with Crippen molar-refractivity contribution in [1.82, 2.24) is 9.55 Å². The second kappa shape index (κ2) is 3.96. The standard InChI is InChI=1S/C13H13FN2O/c14-10-5-2-1-4-9(10)11-8-15-13-12(17)6-3-7-16(11)13/h1-2,4-5,8,12,17H,3,6-7H2. The average Bonchev–Trinajstić information content (AvgIpc) is 2.75. The van der Waals surface area contributed by atoms with Crippen LogP contribution >= 0.6 is 0 Å². The fourth-order valence-corrected chi connectivity index (χ4v) is 2.35. The van der Waals surface area contributed by atoms with Gasteiger partial charge in [0.05, 0.1) is 11.9 Å². The molecule has 1 aromatic carbocycles. The number of hydrogen-bond donors (Lipinski definition) is 1. The fraction of sp³-hybridized carbons (Fsp3) is 0.308. The lowest BCUT2D eigenvalue weighted by molar-refractivity contribution is 0.134. The molecule has 0 saturated carbocycles. The lowest BCUT2D eigenvalue weighted by atomic mass is 10.1. The number of fused-ring (bicyclic) bond motifs is 1. The normalized spacial score (nSPS) is 19.1. The van der Waals surface area contributed by atoms with E-state index in [4.69, 9.17) is 0 Å². The molecule has 2 heterocycles. The SMILES string of the molecule is OC1CCCn2c(-c3ccccc3F)cnc21. The zero-order valence-corrected chi connectivity index (χ0v) is 9.31. The predicted octanol–water partition coefficient (Wildman–Crippen LogP) is 2.52. The van der Waals surface area contributed by atoms with Gasteiger partial charge in [0.25, 0.3) is 0 Å². The van der Waals surface area contributed by atoms with Crippen molar-refractivity contribution in [3.05, 3.63) is 42.1 Å². The second-order valence-corrected chi connectivity index (χ2v) is 4.29. The molecule has 0 bridgehead atoms. The van der Waals surface area contributed by atoms with E-state index in [-0.39, 0.29) is 5.82 Å². The first-order valence-corrected chi connectivity index (χ1v) is 5.76. The maximum Gasteiger partial charge on any atom is 0.138 e. The Labute approximate surface area is 98.5 Å². The molecule has 0 fully saturated rings. The van der Waals surface area contributed by atoms with Crippen molar-refractivity contribution in [2.45, 2.75) is 25.5 Å². The molecule has 0 amide bonds. The van der Waals surface area contributed by atoms with Crippen molar-refractivity contribution in [3.63, 3.8) is 0 Å². The summed E-state index contributed by atoms with van der Waals surface area (Å²) in [5, 5.41) is 9.81. The zero-order valence-electron chi connectivity index (χ0n) is 9.31. The quantitative estimate of drug-likeness (QED) is 0.820. The van der Waals surface area contributed by atoms with Crippen LogP contribution < -0.4 is 0 Å². The Morgan fingerprint density at radius 1 is 1.35 bits per heavy atom. The molecule has 1 unspecified atom stereocenters. The molecule has 1 aromatic heterocycles. The zero-order chi connectivity index (χ0) is 11.8. The van der Waals surface area contributed by atoms with Crippen LogP contribution in [-0.4, -0.2) is 14.7 Å². The molecule has 88 valence electrons. The van der Waals surface area contributed by atoms with Crippen molar-refractivity contribution in [2.75, 3.05) is 0 Å². The Morgan fingerprint density at radius 3 is 3.00 bits per heavy atom. The van der Waals surface area contributed by atoms with Crippen LogP contribution in [0.2, 0.25) is 0 Å². The third-order valence-corrected chi connectivity index (χ3v) is 3.19.